The van der Waals surface area contributed by atoms with Crippen molar-refractivity contribution in [2.24, 2.45) is 0 Å². The van der Waals surface area contributed by atoms with E-state index in [9.17, 15) is 0 Å². The Morgan fingerprint density at radius 3 is 2.83 bits per heavy atom. The molecule has 1 aliphatic heterocycles. The third-order valence-electron chi connectivity index (χ3n) is 2.28. The van der Waals surface area contributed by atoms with Gasteiger partial charge in [-0.05, 0) is 18.6 Å². The molecule has 2 rings (SSSR count). The monoisotopic (exact) mass is 159 g/mol. The third kappa shape index (κ3) is 1.11. The predicted octanol–water partition coefficient (Wildman–Crippen LogP) is 3.12. The molecule has 1 heteroatoms. The molecule has 1 unspecified atom stereocenters. The van der Waals surface area contributed by atoms with Crippen molar-refractivity contribution in [1.29, 1.82) is 0 Å². The molecule has 1 aliphatic rings. The van der Waals surface area contributed by atoms with E-state index in [0.717, 1.165) is 0 Å². The minimum absolute atomic E-state index is 0.544. The van der Waals surface area contributed by atoms with Crippen LogP contribution >= 0.6 is 0 Å². The summed E-state index contributed by atoms with van der Waals surface area (Å²) in [5, 5.41) is 3.35. The molecule has 1 nitrogen and oxygen atoms in total. The Bertz CT molecular complexity index is 326. The Hall–Kier alpha value is -1.24. The zero-order chi connectivity index (χ0) is 8.55. The second-order valence-electron chi connectivity index (χ2n) is 3.35. The molecule has 0 amide bonds. The van der Waals surface area contributed by atoms with Gasteiger partial charge in [0.05, 0.1) is 0 Å². The number of hydrogen-bond acceptors (Lipinski definition) is 1. The molecule has 0 aliphatic carbocycles. The number of benzene rings is 1. The van der Waals surface area contributed by atoms with Crippen LogP contribution in [0.4, 0.5) is 5.69 Å². The van der Waals surface area contributed by atoms with Gasteiger partial charge in [-0.3, -0.25) is 0 Å². The van der Waals surface area contributed by atoms with Crippen LogP contribution in [0.3, 0.4) is 0 Å². The number of rotatable bonds is 0. The zero-order valence-electron chi connectivity index (χ0n) is 7.46. The fraction of sp³-hybridized carbons (Fsp3) is 0.273. The van der Waals surface area contributed by atoms with E-state index in [1.165, 1.54) is 16.9 Å². The SMILES string of the molecule is CC1=CC(C)c2ccccc2N1. The fourth-order valence-corrected chi connectivity index (χ4v) is 1.73. The highest BCUT2D eigenvalue weighted by molar-refractivity contribution is 5.59. The van der Waals surface area contributed by atoms with Crippen LogP contribution in [0.15, 0.2) is 36.0 Å². The normalized spacial score (nSPS) is 20.8. The molecular formula is C11H13N. The maximum atomic E-state index is 3.35. The quantitative estimate of drug-likeness (QED) is 0.613. The molecule has 0 aromatic heterocycles. The van der Waals surface area contributed by atoms with Gasteiger partial charge >= 0.3 is 0 Å². The molecule has 62 valence electrons. The second-order valence-corrected chi connectivity index (χ2v) is 3.35. The fourth-order valence-electron chi connectivity index (χ4n) is 1.73. The lowest BCUT2D eigenvalue weighted by molar-refractivity contribution is 0.934. The predicted molar refractivity (Wildman–Crippen MR) is 52.2 cm³/mol. The summed E-state index contributed by atoms with van der Waals surface area (Å²) in [6.07, 6.45) is 2.25. The van der Waals surface area contributed by atoms with Crippen molar-refractivity contribution in [1.82, 2.24) is 0 Å². The van der Waals surface area contributed by atoms with E-state index in [1.807, 2.05) is 0 Å². The van der Waals surface area contributed by atoms with E-state index >= 15 is 0 Å². The van der Waals surface area contributed by atoms with Gasteiger partial charge in [-0.1, -0.05) is 31.2 Å². The van der Waals surface area contributed by atoms with Crippen LogP contribution in [0.5, 0.6) is 0 Å². The topological polar surface area (TPSA) is 12.0 Å². The average Bonchev–Trinajstić information content (AvgIpc) is 2.04. The average molecular weight is 159 g/mol. The molecule has 0 fully saturated rings. The Morgan fingerprint density at radius 1 is 1.25 bits per heavy atom. The van der Waals surface area contributed by atoms with Crippen molar-refractivity contribution < 1.29 is 0 Å². The molecule has 0 bridgehead atoms. The van der Waals surface area contributed by atoms with E-state index in [0.29, 0.717) is 5.92 Å². The maximum Gasteiger partial charge on any atom is 0.0420 e. The first kappa shape index (κ1) is 7.41. The van der Waals surface area contributed by atoms with Crippen LogP contribution in [0.1, 0.15) is 25.3 Å². The van der Waals surface area contributed by atoms with Crippen LogP contribution in [0, 0.1) is 0 Å². The largest absolute Gasteiger partial charge is 0.359 e. The molecule has 0 radical (unpaired) electrons. The third-order valence-corrected chi connectivity index (χ3v) is 2.28. The van der Waals surface area contributed by atoms with E-state index in [4.69, 9.17) is 0 Å². The number of allylic oxidation sites excluding steroid dienone is 2. The summed E-state index contributed by atoms with van der Waals surface area (Å²) in [7, 11) is 0. The lowest BCUT2D eigenvalue weighted by Gasteiger charge is -2.21. The molecule has 1 N–H and O–H groups in total. The summed E-state index contributed by atoms with van der Waals surface area (Å²) >= 11 is 0. The summed E-state index contributed by atoms with van der Waals surface area (Å²) in [4.78, 5) is 0. The molecule has 1 aromatic carbocycles. The van der Waals surface area contributed by atoms with Crippen molar-refractivity contribution >= 4 is 5.69 Å². The van der Waals surface area contributed by atoms with Crippen molar-refractivity contribution in [3.63, 3.8) is 0 Å². The van der Waals surface area contributed by atoms with Crippen LogP contribution < -0.4 is 5.32 Å². The number of hydrogen-bond donors (Lipinski definition) is 1. The van der Waals surface area contributed by atoms with Gasteiger partial charge in [0.1, 0.15) is 0 Å². The van der Waals surface area contributed by atoms with Crippen LogP contribution in [0.2, 0.25) is 0 Å². The lowest BCUT2D eigenvalue weighted by Crippen LogP contribution is -2.07. The maximum absolute atomic E-state index is 3.35. The van der Waals surface area contributed by atoms with Gasteiger partial charge in [-0.25, -0.2) is 0 Å². The summed E-state index contributed by atoms with van der Waals surface area (Å²) < 4.78 is 0. The van der Waals surface area contributed by atoms with Crippen LogP contribution in [-0.2, 0) is 0 Å². The van der Waals surface area contributed by atoms with Crippen LogP contribution in [-0.4, -0.2) is 0 Å². The number of nitrogens with one attached hydrogen (secondary N) is 1. The highest BCUT2D eigenvalue weighted by atomic mass is 14.9. The minimum atomic E-state index is 0.544. The molecule has 12 heavy (non-hydrogen) atoms. The molecule has 0 spiro atoms. The second kappa shape index (κ2) is 2.67. The molecule has 1 heterocycles. The summed E-state index contributed by atoms with van der Waals surface area (Å²) in [5.74, 6) is 0.544. The first-order valence-electron chi connectivity index (χ1n) is 4.32. The van der Waals surface area contributed by atoms with Gasteiger partial charge in [0.25, 0.3) is 0 Å². The first-order chi connectivity index (χ1) is 5.77. The Labute approximate surface area is 73.1 Å². The summed E-state index contributed by atoms with van der Waals surface area (Å²) in [5.41, 5.74) is 3.90. The first-order valence-corrected chi connectivity index (χ1v) is 4.32. The Balaban J connectivity index is 2.48. The lowest BCUT2D eigenvalue weighted by atomic mass is 9.95. The van der Waals surface area contributed by atoms with Crippen molar-refractivity contribution in [2.75, 3.05) is 5.32 Å². The number of anilines is 1. The van der Waals surface area contributed by atoms with Gasteiger partial charge in [0.15, 0.2) is 0 Å². The van der Waals surface area contributed by atoms with Crippen LogP contribution in [0.25, 0.3) is 0 Å². The van der Waals surface area contributed by atoms with Crippen molar-refractivity contribution in [2.45, 2.75) is 19.8 Å². The van der Waals surface area contributed by atoms with Gasteiger partial charge in [0, 0.05) is 17.3 Å². The minimum Gasteiger partial charge on any atom is -0.359 e. The van der Waals surface area contributed by atoms with Gasteiger partial charge in [0.2, 0.25) is 0 Å². The van der Waals surface area contributed by atoms with Crippen molar-refractivity contribution in [3.8, 4) is 0 Å². The van der Waals surface area contributed by atoms with E-state index in [2.05, 4.69) is 49.5 Å². The Kier molecular flexibility index (Phi) is 1.65. The van der Waals surface area contributed by atoms with Gasteiger partial charge in [-0.15, -0.1) is 0 Å². The van der Waals surface area contributed by atoms with E-state index in [1.54, 1.807) is 0 Å². The molecule has 0 saturated carbocycles. The van der Waals surface area contributed by atoms with E-state index < -0.39 is 0 Å². The summed E-state index contributed by atoms with van der Waals surface area (Å²) in [6, 6.07) is 8.46. The van der Waals surface area contributed by atoms with Gasteiger partial charge in [-0.2, -0.15) is 0 Å². The van der Waals surface area contributed by atoms with Gasteiger partial charge < -0.3 is 5.32 Å². The standard InChI is InChI=1S/C11H13N/c1-8-7-9(2)12-11-6-4-3-5-10(8)11/h3-8,12H,1-2H3. The van der Waals surface area contributed by atoms with E-state index in [-0.39, 0.29) is 0 Å². The zero-order valence-corrected chi connectivity index (χ0v) is 7.46. The number of fused-ring (bicyclic) bond motifs is 1. The Morgan fingerprint density at radius 2 is 2.00 bits per heavy atom. The highest BCUT2D eigenvalue weighted by Crippen LogP contribution is 2.30. The molecule has 1 aromatic rings. The smallest absolute Gasteiger partial charge is 0.0420 e. The molecular weight excluding hydrogens is 146 g/mol. The molecule has 1 atom stereocenters. The highest BCUT2D eigenvalue weighted by Gasteiger charge is 2.12. The summed E-state index contributed by atoms with van der Waals surface area (Å²) in [6.45, 7) is 4.33. The van der Waals surface area contributed by atoms with Crippen molar-refractivity contribution in [3.05, 3.63) is 41.6 Å². The molecule has 0 saturated heterocycles. The number of para-hydroxylation sites is 1.